The fourth-order valence-electron chi connectivity index (χ4n) is 2.27. The van der Waals surface area contributed by atoms with Crippen LogP contribution in [0.2, 0.25) is 0 Å². The molecule has 132 valence electrons. The minimum absolute atomic E-state index is 0.0181. The number of rotatable bonds is 5. The third kappa shape index (κ3) is 4.20. The smallest absolute Gasteiger partial charge is 0.256 e. The quantitative estimate of drug-likeness (QED) is 0.642. The monoisotopic (exact) mass is 424 g/mol. The molecule has 6 nitrogen and oxygen atoms in total. The Hall–Kier alpha value is -1.90. The van der Waals surface area contributed by atoms with Crippen LogP contribution in [0, 0.1) is 6.92 Å². The second-order valence-corrected chi connectivity index (χ2v) is 8.58. The van der Waals surface area contributed by atoms with Gasteiger partial charge in [0.25, 0.3) is 5.91 Å². The number of hydrogen-bond donors (Lipinski definition) is 3. The number of halogens is 1. The van der Waals surface area contributed by atoms with E-state index in [1.54, 1.807) is 12.1 Å². The maximum absolute atomic E-state index is 12.5. The largest absolute Gasteiger partial charge is 0.506 e. The lowest BCUT2D eigenvalue weighted by Gasteiger charge is -2.11. The predicted octanol–water partition coefficient (Wildman–Crippen LogP) is 3.16. The predicted molar refractivity (Wildman–Crippen MR) is 98.3 cm³/mol. The molecule has 1 amide bonds. The van der Waals surface area contributed by atoms with Crippen molar-refractivity contribution in [3.05, 3.63) is 52.0 Å². The molecule has 3 N–H and O–H groups in total. The summed E-state index contributed by atoms with van der Waals surface area (Å²) in [6, 6.07) is 9.13. The second-order valence-electron chi connectivity index (χ2n) is 6.01. The first-order valence-electron chi connectivity index (χ1n) is 7.69. The summed E-state index contributed by atoms with van der Waals surface area (Å²) >= 11 is 3.27. The summed E-state index contributed by atoms with van der Waals surface area (Å²) in [5, 5.41) is 12.5. The number of aromatic hydroxyl groups is 1. The molecule has 25 heavy (non-hydrogen) atoms. The maximum atomic E-state index is 12.5. The molecule has 0 unspecified atom stereocenters. The SMILES string of the molecule is Cc1ccc(NC(=O)c2cc(S(=O)(=O)NC3CC3)ccc2Br)c(O)c1. The molecule has 3 rings (SSSR count). The Labute approximate surface area is 154 Å². The fourth-order valence-corrected chi connectivity index (χ4v) is 4.03. The summed E-state index contributed by atoms with van der Waals surface area (Å²) < 4.78 is 27.7. The van der Waals surface area contributed by atoms with Gasteiger partial charge in [0.1, 0.15) is 5.75 Å². The number of phenolic OH excluding ortho intramolecular Hbond substituents is 1. The van der Waals surface area contributed by atoms with Crippen LogP contribution in [0.1, 0.15) is 28.8 Å². The number of anilines is 1. The molecule has 8 heteroatoms. The number of nitrogens with one attached hydrogen (secondary N) is 2. The van der Waals surface area contributed by atoms with Crippen molar-refractivity contribution in [1.82, 2.24) is 4.72 Å². The molecule has 0 aromatic heterocycles. The lowest BCUT2D eigenvalue weighted by atomic mass is 10.2. The van der Waals surface area contributed by atoms with E-state index in [9.17, 15) is 18.3 Å². The first-order chi connectivity index (χ1) is 11.8. The van der Waals surface area contributed by atoms with Gasteiger partial charge >= 0.3 is 0 Å². The van der Waals surface area contributed by atoms with Crippen LogP contribution in [0.4, 0.5) is 5.69 Å². The molecule has 2 aromatic carbocycles. The standard InChI is InChI=1S/C17H17BrN2O4S/c1-10-2-7-15(16(21)8-10)19-17(22)13-9-12(5-6-14(13)18)25(23,24)20-11-3-4-11/h2,5-9,11,20-21H,3-4H2,1H3,(H,19,22). The number of amides is 1. The van der Waals surface area contributed by atoms with Gasteiger partial charge in [-0.1, -0.05) is 6.07 Å². The van der Waals surface area contributed by atoms with Crippen molar-refractivity contribution in [3.63, 3.8) is 0 Å². The highest BCUT2D eigenvalue weighted by atomic mass is 79.9. The van der Waals surface area contributed by atoms with Crippen LogP contribution in [-0.4, -0.2) is 25.5 Å². The molecule has 0 atom stereocenters. The highest BCUT2D eigenvalue weighted by molar-refractivity contribution is 9.10. The molecule has 0 saturated heterocycles. The molecule has 0 heterocycles. The number of carbonyl (C=O) groups excluding carboxylic acids is 1. The van der Waals surface area contributed by atoms with Crippen molar-refractivity contribution in [1.29, 1.82) is 0 Å². The zero-order chi connectivity index (χ0) is 18.2. The van der Waals surface area contributed by atoms with Crippen LogP contribution in [0.5, 0.6) is 5.75 Å². The van der Waals surface area contributed by atoms with Gasteiger partial charge in [0.15, 0.2) is 0 Å². The highest BCUT2D eigenvalue weighted by Gasteiger charge is 2.28. The molecule has 0 radical (unpaired) electrons. The Morgan fingerprint density at radius 3 is 2.56 bits per heavy atom. The van der Waals surface area contributed by atoms with Crippen molar-refractivity contribution in [3.8, 4) is 5.75 Å². The molecule has 1 fully saturated rings. The Morgan fingerprint density at radius 1 is 1.20 bits per heavy atom. The molecule has 0 bridgehead atoms. The van der Waals surface area contributed by atoms with Gasteiger partial charge in [0, 0.05) is 10.5 Å². The normalized spacial score (nSPS) is 14.3. The Balaban J connectivity index is 1.88. The lowest BCUT2D eigenvalue weighted by Crippen LogP contribution is -2.26. The lowest BCUT2D eigenvalue weighted by molar-refractivity contribution is 0.102. The number of hydrogen-bond acceptors (Lipinski definition) is 4. The number of benzene rings is 2. The summed E-state index contributed by atoms with van der Waals surface area (Å²) in [6.07, 6.45) is 1.66. The topological polar surface area (TPSA) is 95.5 Å². The molecule has 0 aliphatic heterocycles. The fraction of sp³-hybridized carbons (Fsp3) is 0.235. The zero-order valence-electron chi connectivity index (χ0n) is 13.4. The van der Waals surface area contributed by atoms with E-state index in [2.05, 4.69) is 26.0 Å². The number of sulfonamides is 1. The van der Waals surface area contributed by atoms with E-state index >= 15 is 0 Å². The van der Waals surface area contributed by atoms with Crippen LogP contribution in [-0.2, 0) is 10.0 Å². The van der Waals surface area contributed by atoms with E-state index in [1.807, 2.05) is 6.92 Å². The summed E-state index contributed by atoms with van der Waals surface area (Å²) in [4.78, 5) is 12.5. The molecular weight excluding hydrogens is 408 g/mol. The minimum Gasteiger partial charge on any atom is -0.506 e. The van der Waals surface area contributed by atoms with Crippen LogP contribution in [0.3, 0.4) is 0 Å². The average Bonchev–Trinajstić information content (AvgIpc) is 3.33. The van der Waals surface area contributed by atoms with Crippen molar-refractivity contribution < 1.29 is 18.3 Å². The van der Waals surface area contributed by atoms with Gasteiger partial charge < -0.3 is 10.4 Å². The van der Waals surface area contributed by atoms with E-state index < -0.39 is 15.9 Å². The Morgan fingerprint density at radius 2 is 1.92 bits per heavy atom. The van der Waals surface area contributed by atoms with E-state index in [4.69, 9.17) is 0 Å². The Bertz CT molecular complexity index is 940. The second kappa shape index (κ2) is 6.78. The van der Waals surface area contributed by atoms with Gasteiger partial charge in [-0.05, 0) is 71.6 Å². The maximum Gasteiger partial charge on any atom is 0.256 e. The zero-order valence-corrected chi connectivity index (χ0v) is 15.8. The van der Waals surface area contributed by atoms with Crippen LogP contribution >= 0.6 is 15.9 Å². The van der Waals surface area contributed by atoms with Crippen molar-refractivity contribution in [2.24, 2.45) is 0 Å². The van der Waals surface area contributed by atoms with Crippen LogP contribution in [0.15, 0.2) is 45.8 Å². The molecule has 1 saturated carbocycles. The number of aryl methyl sites for hydroxylation is 1. The van der Waals surface area contributed by atoms with E-state index in [1.165, 1.54) is 24.3 Å². The first kappa shape index (κ1) is 17.9. The van der Waals surface area contributed by atoms with Gasteiger partial charge in [-0.2, -0.15) is 0 Å². The first-order valence-corrected chi connectivity index (χ1v) is 9.97. The third-order valence-electron chi connectivity index (χ3n) is 3.79. The summed E-state index contributed by atoms with van der Waals surface area (Å²) in [7, 11) is -3.66. The van der Waals surface area contributed by atoms with Crippen molar-refractivity contribution >= 4 is 37.5 Å². The Kier molecular flexibility index (Phi) is 4.86. The van der Waals surface area contributed by atoms with Gasteiger partial charge in [0.2, 0.25) is 10.0 Å². The molecular formula is C17H17BrN2O4S. The summed E-state index contributed by atoms with van der Waals surface area (Å²) in [5.41, 5.74) is 1.28. The molecule has 0 spiro atoms. The number of phenols is 1. The number of carbonyl (C=O) groups is 1. The summed E-state index contributed by atoms with van der Waals surface area (Å²) in [5.74, 6) is -0.571. The van der Waals surface area contributed by atoms with E-state index in [0.717, 1.165) is 18.4 Å². The molecule has 1 aliphatic carbocycles. The van der Waals surface area contributed by atoms with Crippen molar-refractivity contribution in [2.45, 2.75) is 30.7 Å². The summed E-state index contributed by atoms with van der Waals surface area (Å²) in [6.45, 7) is 1.82. The van der Waals surface area contributed by atoms with E-state index in [0.29, 0.717) is 4.47 Å². The molecule has 2 aromatic rings. The van der Waals surface area contributed by atoms with Crippen LogP contribution < -0.4 is 10.0 Å². The van der Waals surface area contributed by atoms with Gasteiger partial charge in [-0.15, -0.1) is 0 Å². The van der Waals surface area contributed by atoms with Gasteiger partial charge in [0.05, 0.1) is 16.1 Å². The van der Waals surface area contributed by atoms with E-state index in [-0.39, 0.29) is 27.9 Å². The minimum atomic E-state index is -3.66. The van der Waals surface area contributed by atoms with Gasteiger partial charge in [-0.3, -0.25) is 4.79 Å². The van der Waals surface area contributed by atoms with Gasteiger partial charge in [-0.25, -0.2) is 13.1 Å². The van der Waals surface area contributed by atoms with Crippen LogP contribution in [0.25, 0.3) is 0 Å². The highest BCUT2D eigenvalue weighted by Crippen LogP contribution is 2.28. The average molecular weight is 425 g/mol. The third-order valence-corrected chi connectivity index (χ3v) is 6.00. The van der Waals surface area contributed by atoms with Crippen molar-refractivity contribution in [2.75, 3.05) is 5.32 Å². The molecule has 1 aliphatic rings.